The zero-order chi connectivity index (χ0) is 15.8. The number of rotatable bonds is 0. The molecule has 0 saturated carbocycles. The highest BCUT2D eigenvalue weighted by Crippen LogP contribution is 2.42. The third-order valence-electron chi connectivity index (χ3n) is 4.38. The Bertz CT molecular complexity index is 763. The van der Waals surface area contributed by atoms with Crippen molar-refractivity contribution in [3.05, 3.63) is 40.8 Å². The third-order valence-corrected chi connectivity index (χ3v) is 5.30. The van der Waals surface area contributed by atoms with Crippen LogP contribution in [0.3, 0.4) is 0 Å². The molecule has 4 rings (SSSR count). The summed E-state index contributed by atoms with van der Waals surface area (Å²) in [6.07, 6.45) is 1.16. The lowest BCUT2D eigenvalue weighted by atomic mass is 10.2. The molecule has 0 radical (unpaired) electrons. The van der Waals surface area contributed by atoms with E-state index in [1.807, 2.05) is 24.3 Å². The topological polar surface area (TPSA) is 59.6 Å². The van der Waals surface area contributed by atoms with Crippen molar-refractivity contribution in [1.29, 1.82) is 0 Å². The number of aliphatic imine (C=N–C) groups is 1. The van der Waals surface area contributed by atoms with E-state index in [-0.39, 0.29) is 17.9 Å². The summed E-state index contributed by atoms with van der Waals surface area (Å²) in [5.41, 5.74) is 2.05. The number of ether oxygens (including phenoxy) is 1. The predicted octanol–water partition coefficient (Wildman–Crippen LogP) is 3.48. The minimum atomic E-state index is 0. The van der Waals surface area contributed by atoms with E-state index in [1.165, 1.54) is 4.88 Å². The number of para-hydroxylation sites is 2. The Morgan fingerprint density at radius 1 is 1.12 bits per heavy atom. The standard InChI is InChI=1S/C18H21N3OS.ClH.H2O/c1-13-12-14-17(21-9-5-8-20(2)10-11-21)19-15-6-3-4-7-16(15)22-18(14)23-13;;/h3-4,6-7,12H,5,8-11H2,1-2H3;1H;1H2. The number of hydrogen-bond acceptors (Lipinski definition) is 5. The number of thiophene rings is 1. The first-order chi connectivity index (χ1) is 11.2. The first-order valence-corrected chi connectivity index (χ1v) is 8.92. The van der Waals surface area contributed by atoms with Gasteiger partial charge in [0.1, 0.15) is 11.5 Å². The van der Waals surface area contributed by atoms with E-state index >= 15 is 0 Å². The van der Waals surface area contributed by atoms with Gasteiger partial charge < -0.3 is 20.0 Å². The van der Waals surface area contributed by atoms with Gasteiger partial charge in [-0.15, -0.1) is 23.7 Å². The maximum Gasteiger partial charge on any atom is 0.192 e. The van der Waals surface area contributed by atoms with E-state index in [9.17, 15) is 0 Å². The van der Waals surface area contributed by atoms with E-state index in [2.05, 4.69) is 29.8 Å². The van der Waals surface area contributed by atoms with Crippen LogP contribution in [0.5, 0.6) is 10.8 Å². The zero-order valence-electron chi connectivity index (χ0n) is 14.5. The Balaban J connectivity index is 0.00000113. The van der Waals surface area contributed by atoms with Crippen molar-refractivity contribution in [2.45, 2.75) is 13.3 Å². The predicted molar refractivity (Wildman–Crippen MR) is 106 cm³/mol. The highest BCUT2D eigenvalue weighted by Gasteiger charge is 2.25. The quantitative estimate of drug-likeness (QED) is 0.702. The molecule has 5 nitrogen and oxygen atoms in total. The average molecular weight is 382 g/mol. The maximum absolute atomic E-state index is 6.16. The highest BCUT2D eigenvalue weighted by molar-refractivity contribution is 7.14. The number of halogens is 1. The van der Waals surface area contributed by atoms with Crippen molar-refractivity contribution in [2.75, 3.05) is 33.2 Å². The molecular formula is C18H24ClN3O2S. The number of fused-ring (bicyclic) bond motifs is 2. The number of amidine groups is 1. The van der Waals surface area contributed by atoms with Gasteiger partial charge in [0, 0.05) is 24.5 Å². The molecule has 7 heteroatoms. The average Bonchev–Trinajstić information content (AvgIpc) is 2.70. The van der Waals surface area contributed by atoms with Crippen LogP contribution in [0.15, 0.2) is 35.3 Å². The lowest BCUT2D eigenvalue weighted by molar-refractivity contribution is 0.346. The van der Waals surface area contributed by atoms with Gasteiger partial charge in [-0.2, -0.15) is 0 Å². The lowest BCUT2D eigenvalue weighted by Crippen LogP contribution is -2.34. The van der Waals surface area contributed by atoms with Crippen molar-refractivity contribution in [1.82, 2.24) is 9.80 Å². The second kappa shape index (κ2) is 8.19. The zero-order valence-corrected chi connectivity index (χ0v) is 16.1. The largest absolute Gasteiger partial charge is 0.444 e. The molecule has 1 aromatic heterocycles. The van der Waals surface area contributed by atoms with Gasteiger partial charge in [0.05, 0.1) is 5.56 Å². The monoisotopic (exact) mass is 381 g/mol. The molecule has 2 aliphatic heterocycles. The van der Waals surface area contributed by atoms with E-state index in [4.69, 9.17) is 9.73 Å². The van der Waals surface area contributed by atoms with Crippen molar-refractivity contribution in [3.8, 4) is 10.8 Å². The van der Waals surface area contributed by atoms with Crippen LogP contribution in [0.2, 0.25) is 0 Å². The second-order valence-corrected chi connectivity index (χ2v) is 7.43. The molecule has 2 N–H and O–H groups in total. The Morgan fingerprint density at radius 3 is 2.76 bits per heavy atom. The molecular weight excluding hydrogens is 358 g/mol. The maximum atomic E-state index is 6.16. The van der Waals surface area contributed by atoms with Crippen LogP contribution in [-0.2, 0) is 0 Å². The van der Waals surface area contributed by atoms with Crippen molar-refractivity contribution >= 4 is 35.3 Å². The summed E-state index contributed by atoms with van der Waals surface area (Å²) in [5.74, 6) is 1.90. The van der Waals surface area contributed by atoms with Gasteiger partial charge in [-0.3, -0.25) is 0 Å². The van der Waals surface area contributed by atoms with Crippen molar-refractivity contribution in [3.63, 3.8) is 0 Å². The smallest absolute Gasteiger partial charge is 0.192 e. The molecule has 1 fully saturated rings. The fourth-order valence-corrected chi connectivity index (χ4v) is 3.99. The molecule has 136 valence electrons. The SMILES string of the molecule is Cc1cc2c(s1)Oc1ccccc1N=C2N1CCCN(C)CC1.Cl.O. The van der Waals surface area contributed by atoms with Gasteiger partial charge >= 0.3 is 0 Å². The first kappa shape index (κ1) is 19.7. The number of likely N-dealkylation sites (N-methyl/N-ethyl adjacent to an activating group) is 1. The molecule has 25 heavy (non-hydrogen) atoms. The van der Waals surface area contributed by atoms with Crippen LogP contribution in [-0.4, -0.2) is 54.3 Å². The van der Waals surface area contributed by atoms with Crippen LogP contribution >= 0.6 is 23.7 Å². The molecule has 2 aromatic rings. The van der Waals surface area contributed by atoms with Crippen molar-refractivity contribution < 1.29 is 10.2 Å². The summed E-state index contributed by atoms with van der Waals surface area (Å²) >= 11 is 1.70. The van der Waals surface area contributed by atoms with E-state index < -0.39 is 0 Å². The van der Waals surface area contributed by atoms with Crippen LogP contribution in [0.25, 0.3) is 0 Å². The summed E-state index contributed by atoms with van der Waals surface area (Å²) in [5, 5.41) is 0.962. The fourth-order valence-electron chi connectivity index (χ4n) is 3.13. The molecule has 3 heterocycles. The van der Waals surface area contributed by atoms with Gasteiger partial charge in [0.15, 0.2) is 10.8 Å². The van der Waals surface area contributed by atoms with E-state index in [1.54, 1.807) is 11.3 Å². The molecule has 0 spiro atoms. The lowest BCUT2D eigenvalue weighted by Gasteiger charge is -2.23. The van der Waals surface area contributed by atoms with E-state index in [0.717, 1.165) is 60.5 Å². The normalized spacial score (nSPS) is 16.9. The minimum absolute atomic E-state index is 0. The van der Waals surface area contributed by atoms with E-state index in [0.29, 0.717) is 0 Å². The molecule has 0 atom stereocenters. The Hall–Kier alpha value is -1.60. The number of aryl methyl sites for hydroxylation is 1. The Morgan fingerprint density at radius 2 is 1.92 bits per heavy atom. The number of hydrogen-bond donors (Lipinski definition) is 0. The molecule has 0 aliphatic carbocycles. The van der Waals surface area contributed by atoms with Crippen molar-refractivity contribution in [2.24, 2.45) is 4.99 Å². The van der Waals surface area contributed by atoms with Gasteiger partial charge in [0.25, 0.3) is 0 Å². The summed E-state index contributed by atoms with van der Waals surface area (Å²) in [4.78, 5) is 11.1. The highest BCUT2D eigenvalue weighted by atomic mass is 35.5. The van der Waals surface area contributed by atoms with Crippen LogP contribution < -0.4 is 4.74 Å². The molecule has 2 aliphatic rings. The van der Waals surface area contributed by atoms with Gasteiger partial charge in [-0.05, 0) is 45.1 Å². The fraction of sp³-hybridized carbons (Fsp3) is 0.389. The van der Waals surface area contributed by atoms with Gasteiger partial charge in [-0.25, -0.2) is 4.99 Å². The number of benzene rings is 1. The Kier molecular flexibility index (Phi) is 6.46. The Labute approximate surface area is 158 Å². The summed E-state index contributed by atoms with van der Waals surface area (Å²) in [6.45, 7) is 6.39. The first-order valence-electron chi connectivity index (χ1n) is 8.10. The minimum Gasteiger partial charge on any atom is -0.444 e. The number of nitrogens with zero attached hydrogens (tertiary/aromatic N) is 3. The second-order valence-electron chi connectivity index (χ2n) is 6.21. The van der Waals surface area contributed by atoms with Crippen LogP contribution in [0, 0.1) is 6.92 Å². The summed E-state index contributed by atoms with van der Waals surface area (Å²) < 4.78 is 6.16. The molecule has 0 amide bonds. The summed E-state index contributed by atoms with van der Waals surface area (Å²) in [6, 6.07) is 10.3. The van der Waals surface area contributed by atoms with Gasteiger partial charge in [-0.1, -0.05) is 12.1 Å². The molecule has 1 aromatic carbocycles. The molecule has 1 saturated heterocycles. The molecule has 0 bridgehead atoms. The third kappa shape index (κ3) is 3.98. The van der Waals surface area contributed by atoms with Gasteiger partial charge in [0.2, 0.25) is 0 Å². The van der Waals surface area contributed by atoms with Crippen LogP contribution in [0.4, 0.5) is 5.69 Å². The summed E-state index contributed by atoms with van der Waals surface area (Å²) in [7, 11) is 2.19. The van der Waals surface area contributed by atoms with Crippen LogP contribution in [0.1, 0.15) is 16.9 Å². The molecule has 0 unspecified atom stereocenters.